The van der Waals surface area contributed by atoms with Gasteiger partial charge >= 0.3 is 5.97 Å². The van der Waals surface area contributed by atoms with E-state index < -0.39 is 6.10 Å². The molecule has 0 aliphatic carbocycles. The second-order valence-electron chi connectivity index (χ2n) is 13.0. The number of aliphatic hydroxyl groups is 1. The van der Waals surface area contributed by atoms with Crippen molar-refractivity contribution in [2.24, 2.45) is 0 Å². The van der Waals surface area contributed by atoms with Crippen molar-refractivity contribution in [1.82, 2.24) is 0 Å². The third-order valence-corrected chi connectivity index (χ3v) is 8.59. The number of carbonyl (C=O) groups excluding carboxylic acids is 1. The van der Waals surface area contributed by atoms with Crippen LogP contribution in [0.3, 0.4) is 0 Å². The van der Waals surface area contributed by atoms with E-state index in [-0.39, 0.29) is 12.6 Å². The Balaban J connectivity index is 3.39. The molecule has 0 aromatic rings. The van der Waals surface area contributed by atoms with E-state index in [1.54, 1.807) is 0 Å². The van der Waals surface area contributed by atoms with Gasteiger partial charge in [-0.2, -0.15) is 0 Å². The van der Waals surface area contributed by atoms with E-state index in [0.717, 1.165) is 19.3 Å². The molecule has 0 spiro atoms. The van der Waals surface area contributed by atoms with Crippen LogP contribution in [0.15, 0.2) is 12.2 Å². The van der Waals surface area contributed by atoms with Crippen molar-refractivity contribution in [2.75, 3.05) is 19.8 Å². The molecule has 4 heteroatoms. The Labute approximate surface area is 269 Å². The normalized spacial score (nSPS) is 12.3. The van der Waals surface area contributed by atoms with Crippen LogP contribution in [0.4, 0.5) is 0 Å². The molecule has 0 aliphatic heterocycles. The third-order valence-electron chi connectivity index (χ3n) is 8.59. The number of hydrogen-bond acceptors (Lipinski definition) is 4. The lowest BCUT2D eigenvalue weighted by atomic mass is 10.1. The van der Waals surface area contributed by atoms with Gasteiger partial charge in [0, 0.05) is 13.0 Å². The van der Waals surface area contributed by atoms with Crippen LogP contribution in [-0.4, -0.2) is 37.0 Å². The van der Waals surface area contributed by atoms with Gasteiger partial charge in [-0.1, -0.05) is 174 Å². The first kappa shape index (κ1) is 42.1. The molecule has 0 radical (unpaired) electrons. The number of rotatable bonds is 36. The van der Waals surface area contributed by atoms with Gasteiger partial charge in [-0.05, 0) is 38.5 Å². The molecule has 0 bridgehead atoms. The Morgan fingerprint density at radius 2 is 0.907 bits per heavy atom. The van der Waals surface area contributed by atoms with Crippen molar-refractivity contribution < 1.29 is 19.4 Å². The average molecular weight is 609 g/mol. The first-order valence-corrected chi connectivity index (χ1v) is 19.3. The van der Waals surface area contributed by atoms with Crippen molar-refractivity contribution in [3.63, 3.8) is 0 Å². The molecular weight excluding hydrogens is 532 g/mol. The minimum atomic E-state index is -0.527. The SMILES string of the molecule is CCCCCCCCCC/C=C\CCCCCCCCCCCC(=O)OC(CO)COCCCCCCCCCCCC. The molecule has 0 heterocycles. The molecule has 0 aromatic carbocycles. The van der Waals surface area contributed by atoms with Crippen LogP contribution < -0.4 is 0 Å². The molecule has 4 nitrogen and oxygen atoms in total. The van der Waals surface area contributed by atoms with Gasteiger partial charge in [0.05, 0.1) is 13.2 Å². The second kappa shape index (κ2) is 37.3. The molecular formula is C39H76O4. The highest BCUT2D eigenvalue weighted by atomic mass is 16.6. The molecule has 0 aliphatic rings. The summed E-state index contributed by atoms with van der Waals surface area (Å²) in [5.74, 6) is -0.201. The summed E-state index contributed by atoms with van der Waals surface area (Å²) in [5, 5.41) is 9.54. The second-order valence-corrected chi connectivity index (χ2v) is 13.0. The van der Waals surface area contributed by atoms with Crippen LogP contribution in [0.2, 0.25) is 0 Å². The maximum absolute atomic E-state index is 12.1. The van der Waals surface area contributed by atoms with Crippen LogP contribution >= 0.6 is 0 Å². The Bertz CT molecular complexity index is 561. The summed E-state index contributed by atoms with van der Waals surface area (Å²) >= 11 is 0. The highest BCUT2D eigenvalue weighted by molar-refractivity contribution is 5.69. The fraction of sp³-hybridized carbons (Fsp3) is 0.923. The molecule has 0 saturated heterocycles. The number of allylic oxidation sites excluding steroid dienone is 2. The van der Waals surface area contributed by atoms with Crippen LogP contribution in [0.5, 0.6) is 0 Å². The van der Waals surface area contributed by atoms with Gasteiger partial charge in [-0.3, -0.25) is 4.79 Å². The summed E-state index contributed by atoms with van der Waals surface area (Å²) in [4.78, 5) is 12.1. The molecule has 0 amide bonds. The summed E-state index contributed by atoms with van der Waals surface area (Å²) in [6.45, 7) is 5.36. The molecule has 0 rings (SSSR count). The molecule has 43 heavy (non-hydrogen) atoms. The van der Waals surface area contributed by atoms with Gasteiger partial charge < -0.3 is 14.6 Å². The molecule has 256 valence electrons. The van der Waals surface area contributed by atoms with Crippen molar-refractivity contribution in [3.8, 4) is 0 Å². The Kier molecular flexibility index (Phi) is 36.6. The molecule has 0 aromatic heterocycles. The number of esters is 1. The van der Waals surface area contributed by atoms with Gasteiger partial charge in [0.25, 0.3) is 0 Å². The Hall–Kier alpha value is -0.870. The summed E-state index contributed by atoms with van der Waals surface area (Å²) < 4.78 is 11.1. The van der Waals surface area contributed by atoms with Gasteiger partial charge in [-0.25, -0.2) is 0 Å². The lowest BCUT2D eigenvalue weighted by Crippen LogP contribution is -2.27. The van der Waals surface area contributed by atoms with E-state index >= 15 is 0 Å². The van der Waals surface area contributed by atoms with Gasteiger partial charge in [0.15, 0.2) is 0 Å². The van der Waals surface area contributed by atoms with Gasteiger partial charge in [-0.15, -0.1) is 0 Å². The number of unbranched alkanes of at least 4 members (excludes halogenated alkanes) is 26. The third kappa shape index (κ3) is 35.5. The van der Waals surface area contributed by atoms with Gasteiger partial charge in [0.2, 0.25) is 0 Å². The Morgan fingerprint density at radius 3 is 1.33 bits per heavy atom. The standard InChI is InChI=1S/C39H76O4/c1-3-5-7-9-11-13-15-16-17-18-19-20-21-22-23-24-25-26-28-30-32-34-39(41)43-38(36-40)37-42-35-33-31-29-27-14-12-10-8-6-4-2/h18-19,38,40H,3-17,20-37H2,1-2H3/b19-18-. The van der Waals surface area contributed by atoms with Crippen LogP contribution in [0.1, 0.15) is 206 Å². The quantitative estimate of drug-likeness (QED) is 0.0437. The van der Waals surface area contributed by atoms with E-state index in [0.29, 0.717) is 19.6 Å². The molecule has 1 unspecified atom stereocenters. The maximum Gasteiger partial charge on any atom is 0.306 e. The zero-order valence-electron chi connectivity index (χ0n) is 29.2. The predicted octanol–water partition coefficient (Wildman–Crippen LogP) is 12.2. The van der Waals surface area contributed by atoms with Crippen LogP contribution in [0, 0.1) is 0 Å². The maximum atomic E-state index is 12.1. The van der Waals surface area contributed by atoms with Crippen LogP contribution in [0.25, 0.3) is 0 Å². The summed E-state index contributed by atoms with van der Waals surface area (Å²) in [7, 11) is 0. The van der Waals surface area contributed by atoms with Gasteiger partial charge in [0.1, 0.15) is 6.10 Å². The van der Waals surface area contributed by atoms with Crippen molar-refractivity contribution in [1.29, 1.82) is 0 Å². The monoisotopic (exact) mass is 609 g/mol. The predicted molar refractivity (Wildman–Crippen MR) is 187 cm³/mol. The summed E-state index contributed by atoms with van der Waals surface area (Å²) in [6.07, 6.45) is 42.6. The van der Waals surface area contributed by atoms with E-state index in [4.69, 9.17) is 9.47 Å². The number of aliphatic hydroxyl groups excluding tert-OH is 1. The number of hydrogen-bond donors (Lipinski definition) is 1. The van der Waals surface area contributed by atoms with E-state index in [2.05, 4.69) is 26.0 Å². The lowest BCUT2D eigenvalue weighted by molar-refractivity contribution is -0.154. The average Bonchev–Trinajstić information content (AvgIpc) is 3.01. The van der Waals surface area contributed by atoms with Crippen molar-refractivity contribution >= 4 is 5.97 Å². The topological polar surface area (TPSA) is 55.8 Å². The number of carbonyl (C=O) groups is 1. The molecule has 0 saturated carbocycles. The first-order chi connectivity index (χ1) is 21.2. The lowest BCUT2D eigenvalue weighted by Gasteiger charge is -2.16. The summed E-state index contributed by atoms with van der Waals surface area (Å²) in [6, 6.07) is 0. The smallest absolute Gasteiger partial charge is 0.306 e. The zero-order chi connectivity index (χ0) is 31.3. The number of ether oxygens (including phenoxy) is 2. The fourth-order valence-electron chi connectivity index (χ4n) is 5.68. The first-order valence-electron chi connectivity index (χ1n) is 19.3. The largest absolute Gasteiger partial charge is 0.457 e. The zero-order valence-corrected chi connectivity index (χ0v) is 29.2. The highest BCUT2D eigenvalue weighted by Crippen LogP contribution is 2.14. The van der Waals surface area contributed by atoms with Crippen molar-refractivity contribution in [2.45, 2.75) is 213 Å². The molecule has 0 fully saturated rings. The molecule has 1 atom stereocenters. The van der Waals surface area contributed by atoms with E-state index in [9.17, 15) is 9.90 Å². The van der Waals surface area contributed by atoms with E-state index in [1.165, 1.54) is 167 Å². The molecule has 1 N–H and O–H groups in total. The van der Waals surface area contributed by atoms with Crippen LogP contribution in [-0.2, 0) is 14.3 Å². The fourth-order valence-corrected chi connectivity index (χ4v) is 5.68. The summed E-state index contributed by atoms with van der Waals surface area (Å²) in [5.41, 5.74) is 0. The minimum Gasteiger partial charge on any atom is -0.457 e. The van der Waals surface area contributed by atoms with E-state index in [1.807, 2.05) is 0 Å². The van der Waals surface area contributed by atoms with Crippen molar-refractivity contribution in [3.05, 3.63) is 12.2 Å². The Morgan fingerprint density at radius 1 is 0.535 bits per heavy atom. The highest BCUT2D eigenvalue weighted by Gasteiger charge is 2.13. The minimum absolute atomic E-state index is 0.167.